The minimum absolute atomic E-state index is 0.0590. The fourth-order valence-corrected chi connectivity index (χ4v) is 7.32. The fourth-order valence-electron chi connectivity index (χ4n) is 5.30. The largest absolute Gasteiger partial charge is 0.465 e. The molecule has 168 valence electrons. The van der Waals surface area contributed by atoms with Gasteiger partial charge in [0.15, 0.2) is 0 Å². The first kappa shape index (κ1) is 22.0. The number of halogens is 1. The minimum Gasteiger partial charge on any atom is -0.465 e. The summed E-state index contributed by atoms with van der Waals surface area (Å²) in [7, 11) is -1.33. The highest BCUT2D eigenvalue weighted by atomic mass is 35.5. The van der Waals surface area contributed by atoms with Crippen molar-refractivity contribution in [2.75, 3.05) is 32.0 Å². The molecule has 1 saturated carbocycles. The molecule has 9 heteroatoms. The van der Waals surface area contributed by atoms with E-state index in [4.69, 9.17) is 11.6 Å². The molecule has 1 unspecified atom stereocenters. The van der Waals surface area contributed by atoms with Gasteiger partial charge in [-0.15, -0.1) is 10.8 Å². The van der Waals surface area contributed by atoms with Crippen molar-refractivity contribution < 1.29 is 19.0 Å². The van der Waals surface area contributed by atoms with Crippen LogP contribution in [0.15, 0.2) is 17.0 Å². The van der Waals surface area contributed by atoms with Crippen molar-refractivity contribution in [3.63, 3.8) is 0 Å². The van der Waals surface area contributed by atoms with Gasteiger partial charge in [-0.25, -0.2) is 4.79 Å². The third-order valence-corrected chi connectivity index (χ3v) is 9.49. The van der Waals surface area contributed by atoms with Crippen LogP contribution in [0.1, 0.15) is 56.4 Å². The number of benzene rings is 1. The lowest BCUT2D eigenvalue weighted by atomic mass is 9.84. The maximum Gasteiger partial charge on any atom is 0.407 e. The van der Waals surface area contributed by atoms with Crippen molar-refractivity contribution in [1.82, 2.24) is 9.21 Å². The van der Waals surface area contributed by atoms with Crippen LogP contribution in [0.4, 0.5) is 10.5 Å². The van der Waals surface area contributed by atoms with E-state index in [0.29, 0.717) is 48.3 Å². The molecule has 2 aliphatic heterocycles. The van der Waals surface area contributed by atoms with E-state index in [-0.39, 0.29) is 12.0 Å². The number of fused-ring (bicyclic) bond motifs is 1. The minimum atomic E-state index is -3.15. The average molecular weight is 458 g/mol. The summed E-state index contributed by atoms with van der Waals surface area (Å²) in [6.07, 6.45) is 6.45. The Morgan fingerprint density at radius 3 is 2.43 bits per heavy atom. The number of amides is 1. The molecule has 4 N–H and O–H groups in total. The molecular formula is C21H32ClN3O4S. The van der Waals surface area contributed by atoms with Gasteiger partial charge in [0.1, 0.15) is 0 Å². The summed E-state index contributed by atoms with van der Waals surface area (Å²) in [4.78, 5) is 13.1. The Hall–Kier alpha value is -1.19. The highest BCUT2D eigenvalue weighted by Gasteiger charge is 2.39. The van der Waals surface area contributed by atoms with Crippen molar-refractivity contribution in [3.8, 4) is 0 Å². The van der Waals surface area contributed by atoms with E-state index >= 15 is 0 Å². The summed E-state index contributed by atoms with van der Waals surface area (Å²) in [5.41, 5.74) is 1.70. The molecule has 7 nitrogen and oxygen atoms in total. The van der Waals surface area contributed by atoms with Gasteiger partial charge in [0, 0.05) is 37.7 Å². The molecule has 30 heavy (non-hydrogen) atoms. The number of nitrogens with zero attached hydrogens (tertiary/aromatic N) is 2. The van der Waals surface area contributed by atoms with E-state index < -0.39 is 16.9 Å². The molecule has 1 amide bonds. The van der Waals surface area contributed by atoms with Gasteiger partial charge in [0.2, 0.25) is 0 Å². The first-order valence-electron chi connectivity index (χ1n) is 10.9. The van der Waals surface area contributed by atoms with E-state index in [2.05, 4.69) is 5.32 Å². The number of likely N-dealkylation sites (tertiary alicyclic amines) is 1. The number of carbonyl (C=O) groups is 1. The van der Waals surface area contributed by atoms with E-state index in [1.165, 1.54) is 24.2 Å². The van der Waals surface area contributed by atoms with Crippen LogP contribution in [0.2, 0.25) is 5.02 Å². The number of rotatable bonds is 2. The second-order valence-electron chi connectivity index (χ2n) is 8.83. The molecule has 1 saturated heterocycles. The first-order valence-corrected chi connectivity index (χ1v) is 12.7. The summed E-state index contributed by atoms with van der Waals surface area (Å²) in [5, 5.41) is 13.2. The lowest BCUT2D eigenvalue weighted by molar-refractivity contribution is 0.132. The fraction of sp³-hybridized carbons (Fsp3) is 0.667. The molecule has 1 atom stereocenters. The smallest absolute Gasteiger partial charge is 0.407 e. The standard InChI is InChI=1S/C21H32ClN3O4S/c1-24-19(15-5-3-2-4-6-15)13-23-18-11-16(17(22)12-20(18)30(24,28)29)14-7-9-25(10-8-14)21(26)27/h11-12,14-15,19,23,28-29H,2-10,13H2,1H3,(H,26,27). The van der Waals surface area contributed by atoms with Gasteiger partial charge in [-0.3, -0.25) is 9.11 Å². The second kappa shape index (κ2) is 8.74. The van der Waals surface area contributed by atoms with Crippen molar-refractivity contribution in [2.45, 2.75) is 61.8 Å². The third kappa shape index (κ3) is 4.12. The van der Waals surface area contributed by atoms with Gasteiger partial charge in [0.25, 0.3) is 0 Å². The van der Waals surface area contributed by atoms with E-state index in [0.717, 1.165) is 24.1 Å². The molecule has 2 heterocycles. The van der Waals surface area contributed by atoms with Crippen molar-refractivity contribution >= 4 is 34.2 Å². The molecule has 0 spiro atoms. The van der Waals surface area contributed by atoms with Gasteiger partial charge >= 0.3 is 6.09 Å². The lowest BCUT2D eigenvalue weighted by Gasteiger charge is -2.46. The third-order valence-electron chi connectivity index (χ3n) is 7.16. The summed E-state index contributed by atoms with van der Waals surface area (Å²) in [6.45, 7) is 1.65. The van der Waals surface area contributed by atoms with Crippen LogP contribution in [-0.2, 0) is 0 Å². The van der Waals surface area contributed by atoms with Crippen molar-refractivity contribution in [1.29, 1.82) is 0 Å². The van der Waals surface area contributed by atoms with Crippen LogP contribution in [0.25, 0.3) is 0 Å². The summed E-state index contributed by atoms with van der Waals surface area (Å²) >= 11 is 6.62. The van der Waals surface area contributed by atoms with Crippen molar-refractivity contribution in [2.24, 2.45) is 5.92 Å². The van der Waals surface area contributed by atoms with Crippen LogP contribution in [0, 0.1) is 5.92 Å². The highest BCUT2D eigenvalue weighted by molar-refractivity contribution is 8.22. The van der Waals surface area contributed by atoms with Crippen LogP contribution in [0.3, 0.4) is 0 Å². The summed E-state index contributed by atoms with van der Waals surface area (Å²) < 4.78 is 24.2. The predicted octanol–water partition coefficient (Wildman–Crippen LogP) is 5.53. The molecule has 2 fully saturated rings. The van der Waals surface area contributed by atoms with Gasteiger partial charge in [-0.2, -0.15) is 4.31 Å². The van der Waals surface area contributed by atoms with Gasteiger partial charge in [-0.05, 0) is 55.2 Å². The Balaban J connectivity index is 1.60. The SMILES string of the molecule is CN1C(C2CCCCC2)CNc2cc(C3CCN(C(=O)O)CC3)c(Cl)cc2S1(O)O. The maximum atomic E-state index is 11.2. The number of hydrogen-bond donors (Lipinski definition) is 4. The zero-order valence-corrected chi connectivity index (χ0v) is 19.0. The molecule has 0 bridgehead atoms. The maximum absolute atomic E-state index is 11.2. The average Bonchev–Trinajstić information content (AvgIpc) is 2.83. The zero-order chi connectivity index (χ0) is 21.5. The summed E-state index contributed by atoms with van der Waals surface area (Å²) in [6, 6.07) is 3.73. The Morgan fingerprint density at radius 2 is 1.80 bits per heavy atom. The number of hydrogen-bond acceptors (Lipinski definition) is 5. The number of likely N-dealkylation sites (N-methyl/N-ethyl adjacent to an activating group) is 1. The molecule has 1 aromatic carbocycles. The van der Waals surface area contributed by atoms with Gasteiger partial charge < -0.3 is 15.3 Å². The Morgan fingerprint density at radius 1 is 1.13 bits per heavy atom. The number of carboxylic acid groups (broad SMARTS) is 1. The molecule has 3 aliphatic rings. The normalized spacial score (nSPS) is 27.1. The first-order chi connectivity index (χ1) is 14.3. The molecule has 4 rings (SSSR count). The predicted molar refractivity (Wildman–Crippen MR) is 121 cm³/mol. The zero-order valence-electron chi connectivity index (χ0n) is 17.4. The molecule has 0 aromatic heterocycles. The Bertz CT molecular complexity index is 795. The van der Waals surface area contributed by atoms with Crippen LogP contribution in [-0.4, -0.2) is 62.2 Å². The number of anilines is 1. The van der Waals surface area contributed by atoms with Crippen molar-refractivity contribution in [3.05, 3.63) is 22.7 Å². The molecule has 0 radical (unpaired) electrons. The molecular weight excluding hydrogens is 426 g/mol. The van der Waals surface area contributed by atoms with E-state index in [1.54, 1.807) is 10.4 Å². The highest BCUT2D eigenvalue weighted by Crippen LogP contribution is 2.58. The topological polar surface area (TPSA) is 96.3 Å². The Kier molecular flexibility index (Phi) is 6.42. The molecule has 1 aromatic rings. The van der Waals surface area contributed by atoms with E-state index in [9.17, 15) is 19.0 Å². The Labute approximate surface area is 184 Å². The number of piperidine rings is 1. The van der Waals surface area contributed by atoms with Crippen LogP contribution < -0.4 is 5.32 Å². The second-order valence-corrected chi connectivity index (χ2v) is 11.3. The van der Waals surface area contributed by atoms with Gasteiger partial charge in [-0.1, -0.05) is 30.9 Å². The monoisotopic (exact) mass is 457 g/mol. The van der Waals surface area contributed by atoms with Crippen LogP contribution in [0.5, 0.6) is 0 Å². The lowest BCUT2D eigenvalue weighted by Crippen LogP contribution is -2.43. The number of nitrogens with one attached hydrogen (secondary N) is 1. The molecule has 1 aliphatic carbocycles. The van der Waals surface area contributed by atoms with Gasteiger partial charge in [0.05, 0.1) is 10.6 Å². The quantitative estimate of drug-likeness (QED) is 0.466. The van der Waals surface area contributed by atoms with E-state index in [1.807, 2.05) is 13.1 Å². The van der Waals surface area contributed by atoms with Crippen LogP contribution >= 0.6 is 22.4 Å². The summed E-state index contributed by atoms with van der Waals surface area (Å²) in [5.74, 6) is 0.615.